The van der Waals surface area contributed by atoms with E-state index in [9.17, 15) is 4.79 Å². The number of aromatic nitrogens is 1. The molecule has 0 aliphatic heterocycles. The van der Waals surface area contributed by atoms with Crippen molar-refractivity contribution < 1.29 is 15.0 Å². The predicted molar refractivity (Wildman–Crippen MR) is 71.6 cm³/mol. The number of aromatic hydroxyl groups is 1. The molecule has 0 saturated heterocycles. The van der Waals surface area contributed by atoms with Crippen molar-refractivity contribution in [2.24, 2.45) is 0 Å². The Labute approximate surface area is 114 Å². The maximum absolute atomic E-state index is 10.9. The van der Waals surface area contributed by atoms with Crippen LogP contribution in [0.3, 0.4) is 0 Å². The lowest BCUT2D eigenvalue weighted by atomic mass is 10.2. The number of carboxylic acid groups (broad SMARTS) is 1. The zero-order valence-corrected chi connectivity index (χ0v) is 10.6. The summed E-state index contributed by atoms with van der Waals surface area (Å²) in [6, 6.07) is 7.89. The molecule has 1 aromatic heterocycles. The molecule has 19 heavy (non-hydrogen) atoms. The molecule has 0 spiro atoms. The van der Waals surface area contributed by atoms with E-state index in [1.807, 2.05) is 0 Å². The van der Waals surface area contributed by atoms with Crippen LogP contribution in [0.4, 0.5) is 5.69 Å². The number of rotatable bonds is 4. The molecule has 98 valence electrons. The number of anilines is 1. The van der Waals surface area contributed by atoms with Crippen molar-refractivity contribution in [1.82, 2.24) is 4.98 Å². The SMILES string of the molecule is O=C(O)c1cc(NCc2ccc(O)cn2)ccc1Cl. The number of hydrogen-bond acceptors (Lipinski definition) is 4. The summed E-state index contributed by atoms with van der Waals surface area (Å²) in [6.45, 7) is 0.418. The van der Waals surface area contributed by atoms with E-state index in [4.69, 9.17) is 21.8 Å². The number of benzene rings is 1. The smallest absolute Gasteiger partial charge is 0.337 e. The van der Waals surface area contributed by atoms with E-state index in [1.165, 1.54) is 24.4 Å². The second-order valence-corrected chi connectivity index (χ2v) is 4.27. The van der Waals surface area contributed by atoms with Gasteiger partial charge in [0, 0.05) is 5.69 Å². The van der Waals surface area contributed by atoms with Crippen LogP contribution in [0.25, 0.3) is 0 Å². The molecule has 2 aromatic rings. The third-order valence-corrected chi connectivity index (χ3v) is 2.81. The molecule has 1 aromatic carbocycles. The lowest BCUT2D eigenvalue weighted by Crippen LogP contribution is -2.03. The summed E-state index contributed by atoms with van der Waals surface area (Å²) in [5.41, 5.74) is 1.41. The first-order valence-corrected chi connectivity index (χ1v) is 5.84. The third-order valence-electron chi connectivity index (χ3n) is 2.48. The molecule has 0 saturated carbocycles. The number of hydrogen-bond donors (Lipinski definition) is 3. The third kappa shape index (κ3) is 3.35. The Hall–Kier alpha value is -2.27. The Morgan fingerprint density at radius 1 is 1.32 bits per heavy atom. The summed E-state index contributed by atoms with van der Waals surface area (Å²) in [4.78, 5) is 14.9. The fourth-order valence-corrected chi connectivity index (χ4v) is 1.71. The standard InChI is InChI=1S/C13H11ClN2O3/c14-12-4-2-8(5-11(12)13(18)19)15-6-9-1-3-10(17)7-16-9/h1-5,7,15,17H,6H2,(H,18,19). The van der Waals surface area contributed by atoms with Gasteiger partial charge in [-0.1, -0.05) is 11.6 Å². The fraction of sp³-hybridized carbons (Fsp3) is 0.0769. The molecule has 1 heterocycles. The van der Waals surface area contributed by atoms with E-state index in [2.05, 4.69) is 10.3 Å². The normalized spacial score (nSPS) is 10.2. The molecular formula is C13H11ClN2O3. The highest BCUT2D eigenvalue weighted by atomic mass is 35.5. The van der Waals surface area contributed by atoms with Gasteiger partial charge in [0.25, 0.3) is 0 Å². The Bertz CT molecular complexity index is 599. The highest BCUT2D eigenvalue weighted by molar-refractivity contribution is 6.33. The van der Waals surface area contributed by atoms with Gasteiger partial charge in [0.1, 0.15) is 5.75 Å². The largest absolute Gasteiger partial charge is 0.506 e. The second-order valence-electron chi connectivity index (χ2n) is 3.86. The first kappa shape index (κ1) is 13.2. The number of halogens is 1. The molecule has 0 amide bonds. The number of aromatic carboxylic acids is 1. The lowest BCUT2D eigenvalue weighted by molar-refractivity contribution is 0.0697. The van der Waals surface area contributed by atoms with Crippen molar-refractivity contribution in [3.63, 3.8) is 0 Å². The molecule has 3 N–H and O–H groups in total. The van der Waals surface area contributed by atoms with Crippen molar-refractivity contribution in [2.75, 3.05) is 5.32 Å². The number of pyridine rings is 1. The summed E-state index contributed by atoms with van der Waals surface area (Å²) >= 11 is 5.78. The van der Waals surface area contributed by atoms with E-state index in [0.717, 1.165) is 5.69 Å². The molecule has 0 atom stereocenters. The summed E-state index contributed by atoms with van der Waals surface area (Å²) in [7, 11) is 0. The van der Waals surface area contributed by atoms with Gasteiger partial charge in [-0.05, 0) is 30.3 Å². The molecule has 0 unspecified atom stereocenters. The van der Waals surface area contributed by atoms with Gasteiger partial charge in [0.15, 0.2) is 0 Å². The van der Waals surface area contributed by atoms with E-state index in [0.29, 0.717) is 12.2 Å². The zero-order chi connectivity index (χ0) is 13.8. The van der Waals surface area contributed by atoms with Gasteiger partial charge in [-0.25, -0.2) is 4.79 Å². The summed E-state index contributed by atoms with van der Waals surface area (Å²) in [5.74, 6) is -0.972. The van der Waals surface area contributed by atoms with Crippen molar-refractivity contribution >= 4 is 23.3 Å². The Balaban J connectivity index is 2.09. The molecule has 6 heteroatoms. The number of carboxylic acids is 1. The Morgan fingerprint density at radius 2 is 2.11 bits per heavy atom. The van der Waals surface area contributed by atoms with E-state index >= 15 is 0 Å². The van der Waals surface area contributed by atoms with E-state index in [1.54, 1.807) is 12.1 Å². The van der Waals surface area contributed by atoms with Crippen molar-refractivity contribution in [3.05, 3.63) is 52.8 Å². The van der Waals surface area contributed by atoms with E-state index < -0.39 is 5.97 Å². The highest BCUT2D eigenvalue weighted by Gasteiger charge is 2.09. The number of nitrogens with one attached hydrogen (secondary N) is 1. The first-order valence-electron chi connectivity index (χ1n) is 5.47. The van der Waals surface area contributed by atoms with Crippen LogP contribution in [0.15, 0.2) is 36.5 Å². The van der Waals surface area contributed by atoms with Crippen LogP contribution < -0.4 is 5.32 Å². The van der Waals surface area contributed by atoms with Crippen LogP contribution in [-0.2, 0) is 6.54 Å². The second kappa shape index (κ2) is 5.58. The van der Waals surface area contributed by atoms with Gasteiger partial charge in [-0.2, -0.15) is 0 Å². The molecule has 0 aliphatic carbocycles. The molecule has 0 fully saturated rings. The van der Waals surface area contributed by atoms with Gasteiger partial charge in [0.2, 0.25) is 0 Å². The van der Waals surface area contributed by atoms with Gasteiger partial charge >= 0.3 is 5.97 Å². The van der Waals surface area contributed by atoms with E-state index in [-0.39, 0.29) is 16.3 Å². The summed E-state index contributed by atoms with van der Waals surface area (Å²) in [6.07, 6.45) is 1.35. The van der Waals surface area contributed by atoms with Crippen molar-refractivity contribution in [3.8, 4) is 5.75 Å². The van der Waals surface area contributed by atoms with Gasteiger partial charge < -0.3 is 15.5 Å². The molecule has 5 nitrogen and oxygen atoms in total. The topological polar surface area (TPSA) is 82.5 Å². The van der Waals surface area contributed by atoms with Crippen LogP contribution in [0, 0.1) is 0 Å². The minimum absolute atomic E-state index is 0.0466. The van der Waals surface area contributed by atoms with Gasteiger partial charge in [0.05, 0.1) is 29.0 Å². The average Bonchev–Trinajstić information content (AvgIpc) is 2.39. The monoisotopic (exact) mass is 278 g/mol. The Kier molecular flexibility index (Phi) is 3.87. The average molecular weight is 279 g/mol. The summed E-state index contributed by atoms with van der Waals surface area (Å²) in [5, 5.41) is 21.3. The van der Waals surface area contributed by atoms with Crippen LogP contribution in [-0.4, -0.2) is 21.2 Å². The summed E-state index contributed by atoms with van der Waals surface area (Å²) < 4.78 is 0. The van der Waals surface area contributed by atoms with Crippen molar-refractivity contribution in [1.29, 1.82) is 0 Å². The molecule has 0 radical (unpaired) electrons. The quantitative estimate of drug-likeness (QED) is 0.801. The molecule has 0 bridgehead atoms. The van der Waals surface area contributed by atoms with Crippen molar-refractivity contribution in [2.45, 2.75) is 6.54 Å². The maximum Gasteiger partial charge on any atom is 0.337 e. The molecular weight excluding hydrogens is 268 g/mol. The van der Waals surface area contributed by atoms with Crippen LogP contribution >= 0.6 is 11.6 Å². The highest BCUT2D eigenvalue weighted by Crippen LogP contribution is 2.21. The van der Waals surface area contributed by atoms with Crippen LogP contribution in [0.1, 0.15) is 16.1 Å². The zero-order valence-electron chi connectivity index (χ0n) is 9.80. The number of nitrogens with zero attached hydrogens (tertiary/aromatic N) is 1. The first-order chi connectivity index (χ1) is 9.06. The van der Waals surface area contributed by atoms with Crippen LogP contribution in [0.2, 0.25) is 5.02 Å². The number of carbonyl (C=O) groups is 1. The van der Waals surface area contributed by atoms with Gasteiger partial charge in [-0.15, -0.1) is 0 Å². The minimum atomic E-state index is -1.07. The molecule has 2 rings (SSSR count). The minimum Gasteiger partial charge on any atom is -0.506 e. The Morgan fingerprint density at radius 3 is 2.74 bits per heavy atom. The predicted octanol–water partition coefficient (Wildman–Crippen LogP) is 2.75. The molecule has 0 aliphatic rings. The lowest BCUT2D eigenvalue weighted by Gasteiger charge is -2.07. The fourth-order valence-electron chi connectivity index (χ4n) is 1.51. The maximum atomic E-state index is 10.9. The van der Waals surface area contributed by atoms with Crippen LogP contribution in [0.5, 0.6) is 5.75 Å². The van der Waals surface area contributed by atoms with Gasteiger partial charge in [-0.3, -0.25) is 4.98 Å².